The van der Waals surface area contributed by atoms with Crippen molar-refractivity contribution in [2.24, 2.45) is 0 Å². The van der Waals surface area contributed by atoms with Crippen LogP contribution in [0.25, 0.3) is 10.6 Å². The molecule has 6 heteroatoms. The lowest BCUT2D eigenvalue weighted by Gasteiger charge is -1.98. The molecule has 0 aliphatic rings. The first-order valence-electron chi connectivity index (χ1n) is 4.64. The molecule has 0 aliphatic carbocycles. The summed E-state index contributed by atoms with van der Waals surface area (Å²) in [6.45, 7) is 1.66. The van der Waals surface area contributed by atoms with E-state index in [0.29, 0.717) is 20.7 Å². The van der Waals surface area contributed by atoms with Gasteiger partial charge in [-0.25, -0.2) is 9.78 Å². The molecule has 17 heavy (non-hydrogen) atoms. The minimum atomic E-state index is -0.973. The molecular weight excluding hydrogens is 281 g/mol. The van der Waals surface area contributed by atoms with E-state index in [9.17, 15) is 4.79 Å². The Morgan fingerprint density at radius 3 is 2.35 bits per heavy atom. The maximum absolute atomic E-state index is 10.9. The Morgan fingerprint density at radius 2 is 1.88 bits per heavy atom. The van der Waals surface area contributed by atoms with Crippen molar-refractivity contribution in [1.29, 1.82) is 0 Å². The number of hydrogen-bond acceptors (Lipinski definition) is 3. The van der Waals surface area contributed by atoms with E-state index in [-0.39, 0.29) is 4.88 Å². The molecule has 2 rings (SSSR count). The van der Waals surface area contributed by atoms with E-state index < -0.39 is 5.97 Å². The maximum Gasteiger partial charge on any atom is 0.347 e. The Hall–Kier alpha value is -1.10. The first-order valence-corrected chi connectivity index (χ1v) is 6.22. The zero-order valence-corrected chi connectivity index (χ0v) is 11.0. The molecule has 88 valence electrons. The number of rotatable bonds is 2. The van der Waals surface area contributed by atoms with Gasteiger partial charge in [0.05, 0.1) is 5.69 Å². The Labute approximate surface area is 112 Å². The number of hydrogen-bond donors (Lipinski definition) is 1. The summed E-state index contributed by atoms with van der Waals surface area (Å²) >= 11 is 12.9. The fraction of sp³-hybridized carbons (Fsp3) is 0.0909. The molecule has 0 fully saturated rings. The second-order valence-corrected chi connectivity index (χ2v) is 5.27. The van der Waals surface area contributed by atoms with Gasteiger partial charge in [0, 0.05) is 15.6 Å². The summed E-state index contributed by atoms with van der Waals surface area (Å²) in [5.41, 5.74) is 1.22. The number of aromatic nitrogens is 1. The van der Waals surface area contributed by atoms with Crippen LogP contribution in [0.3, 0.4) is 0 Å². The van der Waals surface area contributed by atoms with Gasteiger partial charge in [-0.3, -0.25) is 0 Å². The highest BCUT2D eigenvalue weighted by Gasteiger charge is 2.15. The number of carboxylic acids is 1. The van der Waals surface area contributed by atoms with Crippen molar-refractivity contribution in [1.82, 2.24) is 4.98 Å². The highest BCUT2D eigenvalue weighted by molar-refractivity contribution is 7.17. The van der Waals surface area contributed by atoms with Crippen LogP contribution in [0.15, 0.2) is 18.2 Å². The molecule has 2 aromatic rings. The normalized spacial score (nSPS) is 10.5. The molecule has 0 saturated carbocycles. The molecule has 3 nitrogen and oxygen atoms in total. The summed E-state index contributed by atoms with van der Waals surface area (Å²) in [5.74, 6) is -0.973. The van der Waals surface area contributed by atoms with Gasteiger partial charge in [0.1, 0.15) is 9.88 Å². The summed E-state index contributed by atoms with van der Waals surface area (Å²) in [7, 11) is 0. The molecule has 0 saturated heterocycles. The van der Waals surface area contributed by atoms with Crippen molar-refractivity contribution < 1.29 is 9.90 Å². The van der Waals surface area contributed by atoms with Gasteiger partial charge in [0.15, 0.2) is 0 Å². The van der Waals surface area contributed by atoms with Crippen LogP contribution < -0.4 is 0 Å². The zero-order valence-electron chi connectivity index (χ0n) is 8.70. The molecule has 0 radical (unpaired) electrons. The van der Waals surface area contributed by atoms with Gasteiger partial charge in [0.2, 0.25) is 0 Å². The van der Waals surface area contributed by atoms with E-state index in [0.717, 1.165) is 16.9 Å². The fourth-order valence-electron chi connectivity index (χ4n) is 1.40. The molecular formula is C11H7Cl2NO2S. The number of carbonyl (C=O) groups is 1. The van der Waals surface area contributed by atoms with Gasteiger partial charge in [-0.2, -0.15) is 0 Å². The Bertz CT molecular complexity index is 575. The smallest absolute Gasteiger partial charge is 0.347 e. The molecule has 0 bridgehead atoms. The standard InChI is InChI=1S/C11H7Cl2NO2S/c1-5-9(11(15)16)17-10(14-5)6-2-7(12)4-8(13)3-6/h2-4H,1H3,(H,15,16). The van der Waals surface area contributed by atoms with Crippen LogP contribution in [0.4, 0.5) is 0 Å². The summed E-state index contributed by atoms with van der Waals surface area (Å²) in [6.07, 6.45) is 0. The Balaban J connectivity index is 2.53. The number of thiazole rings is 1. The van der Waals surface area contributed by atoms with Crippen LogP contribution in [0.5, 0.6) is 0 Å². The van der Waals surface area contributed by atoms with Gasteiger partial charge in [-0.05, 0) is 25.1 Å². The summed E-state index contributed by atoms with van der Waals surface area (Å²) in [6, 6.07) is 5.03. The third-order valence-corrected chi connectivity index (χ3v) is 3.73. The topological polar surface area (TPSA) is 50.2 Å². The van der Waals surface area contributed by atoms with Crippen molar-refractivity contribution >= 4 is 40.5 Å². The van der Waals surface area contributed by atoms with E-state index in [1.54, 1.807) is 25.1 Å². The zero-order chi connectivity index (χ0) is 12.6. The van der Waals surface area contributed by atoms with Crippen molar-refractivity contribution in [2.45, 2.75) is 6.92 Å². The largest absolute Gasteiger partial charge is 0.477 e. The molecule has 0 aliphatic heterocycles. The molecule has 1 heterocycles. The lowest BCUT2D eigenvalue weighted by Crippen LogP contribution is -1.94. The Kier molecular flexibility index (Phi) is 3.38. The number of aryl methyl sites for hydroxylation is 1. The van der Waals surface area contributed by atoms with E-state index >= 15 is 0 Å². The second kappa shape index (κ2) is 4.64. The van der Waals surface area contributed by atoms with E-state index in [1.165, 1.54) is 0 Å². The van der Waals surface area contributed by atoms with Crippen molar-refractivity contribution in [2.75, 3.05) is 0 Å². The van der Waals surface area contributed by atoms with Crippen LogP contribution in [0.1, 0.15) is 15.4 Å². The molecule has 1 aromatic heterocycles. The highest BCUT2D eigenvalue weighted by atomic mass is 35.5. The van der Waals surface area contributed by atoms with Crippen LogP contribution in [0, 0.1) is 6.92 Å². The number of benzene rings is 1. The SMILES string of the molecule is Cc1nc(-c2cc(Cl)cc(Cl)c2)sc1C(=O)O. The number of halogens is 2. The Morgan fingerprint density at radius 1 is 1.29 bits per heavy atom. The third kappa shape index (κ3) is 2.60. The number of aromatic carboxylic acids is 1. The number of nitrogens with zero attached hydrogens (tertiary/aromatic N) is 1. The molecule has 0 amide bonds. The van der Waals surface area contributed by atoms with Crippen molar-refractivity contribution in [3.8, 4) is 10.6 Å². The predicted molar refractivity (Wildman–Crippen MR) is 69.3 cm³/mol. The molecule has 0 atom stereocenters. The van der Waals surface area contributed by atoms with Gasteiger partial charge in [-0.15, -0.1) is 11.3 Å². The summed E-state index contributed by atoms with van der Waals surface area (Å²) in [5, 5.41) is 10.5. The van der Waals surface area contributed by atoms with E-state index in [2.05, 4.69) is 4.98 Å². The molecule has 0 unspecified atom stereocenters. The fourth-order valence-corrected chi connectivity index (χ4v) is 2.81. The lowest BCUT2D eigenvalue weighted by molar-refractivity contribution is 0.0701. The van der Waals surface area contributed by atoms with E-state index in [4.69, 9.17) is 28.3 Å². The first-order chi connectivity index (χ1) is 7.97. The van der Waals surface area contributed by atoms with Crippen molar-refractivity contribution in [3.05, 3.63) is 38.8 Å². The monoisotopic (exact) mass is 287 g/mol. The van der Waals surface area contributed by atoms with Gasteiger partial charge < -0.3 is 5.11 Å². The average molecular weight is 288 g/mol. The lowest BCUT2D eigenvalue weighted by atomic mass is 10.2. The maximum atomic E-state index is 10.9. The van der Waals surface area contributed by atoms with Gasteiger partial charge >= 0.3 is 5.97 Å². The van der Waals surface area contributed by atoms with Crippen LogP contribution in [0.2, 0.25) is 10.0 Å². The predicted octanol–water partition coefficient (Wildman–Crippen LogP) is 4.12. The van der Waals surface area contributed by atoms with Crippen LogP contribution in [-0.4, -0.2) is 16.1 Å². The average Bonchev–Trinajstić information content (AvgIpc) is 2.59. The summed E-state index contributed by atoms with van der Waals surface area (Å²) < 4.78 is 0. The molecule has 1 N–H and O–H groups in total. The minimum absolute atomic E-state index is 0.232. The van der Waals surface area contributed by atoms with Crippen LogP contribution in [-0.2, 0) is 0 Å². The van der Waals surface area contributed by atoms with Gasteiger partial charge in [-0.1, -0.05) is 23.2 Å². The molecule has 0 spiro atoms. The van der Waals surface area contributed by atoms with Crippen molar-refractivity contribution in [3.63, 3.8) is 0 Å². The van der Waals surface area contributed by atoms with Crippen LogP contribution >= 0.6 is 34.5 Å². The third-order valence-electron chi connectivity index (χ3n) is 2.10. The minimum Gasteiger partial charge on any atom is -0.477 e. The highest BCUT2D eigenvalue weighted by Crippen LogP contribution is 2.31. The second-order valence-electron chi connectivity index (χ2n) is 3.40. The van der Waals surface area contributed by atoms with Gasteiger partial charge in [0.25, 0.3) is 0 Å². The molecule has 1 aromatic carbocycles. The van der Waals surface area contributed by atoms with E-state index in [1.807, 2.05) is 0 Å². The quantitative estimate of drug-likeness (QED) is 0.904. The number of carboxylic acid groups (broad SMARTS) is 1. The first kappa shape index (κ1) is 12.4. The summed E-state index contributed by atoms with van der Waals surface area (Å²) in [4.78, 5) is 15.4.